The Labute approximate surface area is 120 Å². The molecule has 1 aromatic rings. The van der Waals surface area contributed by atoms with E-state index in [9.17, 15) is 9.59 Å². The average molecular weight is 302 g/mol. The van der Waals surface area contributed by atoms with Crippen molar-refractivity contribution in [3.8, 4) is 0 Å². The molecular formula is C13H13Cl2NO3. The first-order valence-corrected chi connectivity index (χ1v) is 6.78. The van der Waals surface area contributed by atoms with Crippen molar-refractivity contribution in [1.82, 2.24) is 4.90 Å². The molecule has 1 N–H and O–H groups in total. The third-order valence-electron chi connectivity index (χ3n) is 3.15. The van der Waals surface area contributed by atoms with E-state index in [2.05, 4.69) is 0 Å². The first-order chi connectivity index (χ1) is 9.00. The Morgan fingerprint density at radius 1 is 1.05 bits per heavy atom. The van der Waals surface area contributed by atoms with Crippen LogP contribution in [0.25, 0.3) is 0 Å². The van der Waals surface area contributed by atoms with Crippen LogP contribution in [0.3, 0.4) is 0 Å². The number of nitrogens with zero attached hydrogens (tertiary/aromatic N) is 1. The lowest BCUT2D eigenvalue weighted by Crippen LogP contribution is -2.35. The highest BCUT2D eigenvalue weighted by Crippen LogP contribution is 2.27. The molecule has 0 bridgehead atoms. The van der Waals surface area contributed by atoms with Crippen LogP contribution < -0.4 is 0 Å². The topological polar surface area (TPSA) is 57.6 Å². The zero-order valence-corrected chi connectivity index (χ0v) is 11.7. The number of aromatic carboxylic acids is 1. The summed E-state index contributed by atoms with van der Waals surface area (Å²) in [7, 11) is 0. The molecule has 0 saturated carbocycles. The maximum atomic E-state index is 12.2. The molecule has 6 heteroatoms. The molecule has 1 saturated heterocycles. The van der Waals surface area contributed by atoms with Crippen LogP contribution in [0.15, 0.2) is 12.1 Å². The zero-order valence-electron chi connectivity index (χ0n) is 10.2. The Morgan fingerprint density at radius 2 is 1.58 bits per heavy atom. The molecule has 2 rings (SSSR count). The second-order valence-corrected chi connectivity index (χ2v) is 5.29. The number of halogens is 2. The molecule has 1 heterocycles. The Bertz CT molecular complexity index is 502. The lowest BCUT2D eigenvalue weighted by Gasteiger charge is -2.27. The number of rotatable bonds is 2. The van der Waals surface area contributed by atoms with Crippen LogP contribution in [-0.2, 0) is 0 Å². The number of carbonyl (C=O) groups excluding carboxylic acids is 1. The van der Waals surface area contributed by atoms with Gasteiger partial charge in [0.05, 0.1) is 15.6 Å². The van der Waals surface area contributed by atoms with Gasteiger partial charge in [-0.1, -0.05) is 23.2 Å². The molecule has 0 atom stereocenters. The van der Waals surface area contributed by atoms with Crippen LogP contribution in [-0.4, -0.2) is 35.0 Å². The normalized spacial score (nSPS) is 15.4. The van der Waals surface area contributed by atoms with Crippen molar-refractivity contribution in [2.45, 2.75) is 19.3 Å². The molecule has 4 nitrogen and oxygen atoms in total. The van der Waals surface area contributed by atoms with E-state index in [-0.39, 0.29) is 21.5 Å². The first-order valence-electron chi connectivity index (χ1n) is 6.02. The van der Waals surface area contributed by atoms with E-state index in [1.807, 2.05) is 0 Å². The van der Waals surface area contributed by atoms with Gasteiger partial charge in [0.15, 0.2) is 0 Å². The predicted octanol–water partition coefficient (Wildman–Crippen LogP) is 3.32. The Kier molecular flexibility index (Phi) is 4.32. The minimum absolute atomic E-state index is 0.0136. The van der Waals surface area contributed by atoms with E-state index in [4.69, 9.17) is 28.3 Å². The molecule has 1 aliphatic rings. The quantitative estimate of drug-likeness (QED) is 0.911. The summed E-state index contributed by atoms with van der Waals surface area (Å²) >= 11 is 11.8. The summed E-state index contributed by atoms with van der Waals surface area (Å²) in [6.45, 7) is 1.43. The van der Waals surface area contributed by atoms with Gasteiger partial charge in [0.25, 0.3) is 5.91 Å². The molecule has 1 aliphatic heterocycles. The van der Waals surface area contributed by atoms with E-state index in [0.717, 1.165) is 32.4 Å². The third kappa shape index (κ3) is 3.01. The number of amides is 1. The van der Waals surface area contributed by atoms with Crippen LogP contribution in [0.1, 0.15) is 40.0 Å². The van der Waals surface area contributed by atoms with Crippen LogP contribution in [0.4, 0.5) is 0 Å². The van der Waals surface area contributed by atoms with Crippen molar-refractivity contribution in [2.75, 3.05) is 13.1 Å². The second-order valence-electron chi connectivity index (χ2n) is 4.47. The fraction of sp³-hybridized carbons (Fsp3) is 0.385. The molecule has 19 heavy (non-hydrogen) atoms. The molecule has 1 fully saturated rings. The summed E-state index contributed by atoms with van der Waals surface area (Å²) in [6.07, 6.45) is 3.10. The summed E-state index contributed by atoms with van der Waals surface area (Å²) in [5, 5.41) is 8.93. The molecule has 0 spiro atoms. The molecule has 102 valence electrons. The van der Waals surface area contributed by atoms with Crippen molar-refractivity contribution >= 4 is 35.1 Å². The number of likely N-dealkylation sites (tertiary alicyclic amines) is 1. The predicted molar refractivity (Wildman–Crippen MR) is 73.2 cm³/mol. The highest BCUT2D eigenvalue weighted by Gasteiger charge is 2.22. The molecule has 0 aromatic heterocycles. The van der Waals surface area contributed by atoms with Gasteiger partial charge in [-0.05, 0) is 31.4 Å². The summed E-state index contributed by atoms with van der Waals surface area (Å²) in [5.41, 5.74) is 0.167. The molecule has 1 aromatic carbocycles. The number of hydrogen-bond acceptors (Lipinski definition) is 2. The molecule has 0 aliphatic carbocycles. The van der Waals surface area contributed by atoms with Gasteiger partial charge in [-0.25, -0.2) is 4.79 Å². The minimum Gasteiger partial charge on any atom is -0.478 e. The highest BCUT2D eigenvalue weighted by molar-refractivity contribution is 6.39. The lowest BCUT2D eigenvalue weighted by atomic mass is 10.1. The largest absolute Gasteiger partial charge is 0.478 e. The van der Waals surface area contributed by atoms with Crippen molar-refractivity contribution < 1.29 is 14.7 Å². The maximum Gasteiger partial charge on any atom is 0.338 e. The van der Waals surface area contributed by atoms with Crippen molar-refractivity contribution in [3.05, 3.63) is 33.3 Å². The van der Waals surface area contributed by atoms with Crippen LogP contribution >= 0.6 is 23.2 Å². The van der Waals surface area contributed by atoms with Crippen LogP contribution in [0, 0.1) is 0 Å². The molecular weight excluding hydrogens is 289 g/mol. The van der Waals surface area contributed by atoms with Crippen LogP contribution in [0.2, 0.25) is 10.0 Å². The monoisotopic (exact) mass is 301 g/mol. The van der Waals surface area contributed by atoms with Gasteiger partial charge in [-0.2, -0.15) is 0 Å². The number of carbonyl (C=O) groups is 2. The third-order valence-corrected chi connectivity index (χ3v) is 3.74. The van der Waals surface area contributed by atoms with E-state index < -0.39 is 5.97 Å². The average Bonchev–Trinajstić information content (AvgIpc) is 2.37. The molecule has 1 amide bonds. The Balaban J connectivity index is 2.30. The van der Waals surface area contributed by atoms with Gasteiger partial charge < -0.3 is 10.0 Å². The smallest absolute Gasteiger partial charge is 0.338 e. The number of piperidine rings is 1. The van der Waals surface area contributed by atoms with Crippen LogP contribution in [0.5, 0.6) is 0 Å². The molecule has 0 radical (unpaired) electrons. The van der Waals surface area contributed by atoms with Gasteiger partial charge in [0.1, 0.15) is 0 Å². The Morgan fingerprint density at radius 3 is 2.05 bits per heavy atom. The second kappa shape index (κ2) is 5.80. The van der Waals surface area contributed by atoms with Gasteiger partial charge in [-0.15, -0.1) is 0 Å². The number of carboxylic acids is 1. The van der Waals surface area contributed by atoms with E-state index in [1.165, 1.54) is 12.1 Å². The molecule has 0 unspecified atom stereocenters. The van der Waals surface area contributed by atoms with Gasteiger partial charge in [0.2, 0.25) is 0 Å². The minimum atomic E-state index is -1.20. The first kappa shape index (κ1) is 14.2. The SMILES string of the molecule is O=C(O)c1c(Cl)cc(C(=O)N2CCCCC2)cc1Cl. The zero-order chi connectivity index (χ0) is 14.0. The van der Waals surface area contributed by atoms with E-state index in [0.29, 0.717) is 5.56 Å². The summed E-state index contributed by atoms with van der Waals surface area (Å²) in [5.74, 6) is -1.35. The van der Waals surface area contributed by atoms with E-state index in [1.54, 1.807) is 4.90 Å². The van der Waals surface area contributed by atoms with Gasteiger partial charge in [-0.3, -0.25) is 4.79 Å². The number of carboxylic acid groups (broad SMARTS) is 1. The van der Waals surface area contributed by atoms with Crippen molar-refractivity contribution in [1.29, 1.82) is 0 Å². The highest BCUT2D eigenvalue weighted by atomic mass is 35.5. The number of benzene rings is 1. The van der Waals surface area contributed by atoms with Gasteiger partial charge in [0, 0.05) is 18.7 Å². The fourth-order valence-corrected chi connectivity index (χ4v) is 2.83. The van der Waals surface area contributed by atoms with Crippen molar-refractivity contribution in [3.63, 3.8) is 0 Å². The lowest BCUT2D eigenvalue weighted by molar-refractivity contribution is 0.0691. The van der Waals surface area contributed by atoms with Gasteiger partial charge >= 0.3 is 5.97 Å². The summed E-state index contributed by atoms with van der Waals surface area (Å²) < 4.78 is 0. The van der Waals surface area contributed by atoms with Crippen molar-refractivity contribution in [2.24, 2.45) is 0 Å². The van der Waals surface area contributed by atoms with E-state index >= 15 is 0 Å². The summed E-state index contributed by atoms with van der Waals surface area (Å²) in [6, 6.07) is 2.74. The standard InChI is InChI=1S/C13H13Cl2NO3/c14-9-6-8(7-10(15)11(9)13(18)19)12(17)16-4-2-1-3-5-16/h6-7H,1-5H2,(H,18,19). The Hall–Kier alpha value is -1.26. The number of hydrogen-bond donors (Lipinski definition) is 1. The maximum absolute atomic E-state index is 12.2. The fourth-order valence-electron chi connectivity index (χ4n) is 2.18. The summed E-state index contributed by atoms with van der Waals surface area (Å²) in [4.78, 5) is 24.9.